The Bertz CT molecular complexity index is 371. The van der Waals surface area contributed by atoms with E-state index in [4.69, 9.17) is 11.1 Å². The molecule has 1 aromatic carbocycles. The van der Waals surface area contributed by atoms with E-state index in [1.807, 2.05) is 0 Å². The van der Waals surface area contributed by atoms with Crippen LogP contribution in [0.1, 0.15) is 23.7 Å². The van der Waals surface area contributed by atoms with Crippen molar-refractivity contribution in [1.82, 2.24) is 0 Å². The largest absolute Gasteiger partial charge is 0.390 e. The summed E-state index contributed by atoms with van der Waals surface area (Å²) in [5, 5.41) is 27.6. The fourth-order valence-electron chi connectivity index (χ4n) is 1.48. The first-order chi connectivity index (χ1) is 7.57. The highest BCUT2D eigenvalue weighted by molar-refractivity contribution is 9.09. The molecule has 0 aliphatic carbocycles. The maximum absolute atomic E-state index is 9.93. The summed E-state index contributed by atoms with van der Waals surface area (Å²) >= 11 is 3.20. The molecule has 0 aliphatic rings. The number of nitrogens with two attached hydrogens (primary N) is 1. The smallest absolute Gasteiger partial charge is 0.123 e. The van der Waals surface area contributed by atoms with Crippen LogP contribution in [0.25, 0.3) is 0 Å². The Labute approximate surface area is 103 Å². The SMILES string of the molecule is N=C(N)c1ccccc1C(O)C(O)CCBr. The van der Waals surface area contributed by atoms with Crippen LogP contribution in [0.2, 0.25) is 0 Å². The molecular formula is C11H15BrN2O2. The molecule has 16 heavy (non-hydrogen) atoms. The molecule has 4 nitrogen and oxygen atoms in total. The minimum Gasteiger partial charge on any atom is -0.390 e. The number of rotatable bonds is 5. The summed E-state index contributed by atoms with van der Waals surface area (Å²) in [7, 11) is 0. The molecule has 0 saturated carbocycles. The molecule has 0 spiro atoms. The number of halogens is 1. The van der Waals surface area contributed by atoms with Crippen LogP contribution in [0, 0.1) is 5.41 Å². The molecule has 2 unspecified atom stereocenters. The number of aliphatic hydroxyl groups is 2. The van der Waals surface area contributed by atoms with Gasteiger partial charge in [-0.2, -0.15) is 0 Å². The van der Waals surface area contributed by atoms with Crippen molar-refractivity contribution in [1.29, 1.82) is 5.41 Å². The van der Waals surface area contributed by atoms with Crippen LogP contribution in [-0.4, -0.2) is 27.5 Å². The standard InChI is InChI=1S/C11H15BrN2O2/c12-6-5-9(15)10(16)7-3-1-2-4-8(7)11(13)14/h1-4,9-10,15-16H,5-6H2,(H3,13,14). The Hall–Kier alpha value is -0.910. The average Bonchev–Trinajstić information content (AvgIpc) is 2.28. The van der Waals surface area contributed by atoms with Gasteiger partial charge in [-0.3, -0.25) is 5.41 Å². The molecule has 0 aliphatic heterocycles. The minimum absolute atomic E-state index is 0.110. The van der Waals surface area contributed by atoms with E-state index >= 15 is 0 Å². The molecule has 5 N–H and O–H groups in total. The van der Waals surface area contributed by atoms with E-state index in [2.05, 4.69) is 15.9 Å². The summed E-state index contributed by atoms with van der Waals surface area (Å²) in [5.41, 5.74) is 6.36. The van der Waals surface area contributed by atoms with Crippen molar-refractivity contribution in [2.24, 2.45) is 5.73 Å². The van der Waals surface area contributed by atoms with Crippen LogP contribution >= 0.6 is 15.9 Å². The van der Waals surface area contributed by atoms with Crippen molar-refractivity contribution in [2.45, 2.75) is 18.6 Å². The van der Waals surface area contributed by atoms with Gasteiger partial charge < -0.3 is 15.9 Å². The van der Waals surface area contributed by atoms with Gasteiger partial charge in [0, 0.05) is 10.9 Å². The molecule has 2 atom stereocenters. The van der Waals surface area contributed by atoms with Gasteiger partial charge in [0.05, 0.1) is 6.10 Å². The highest BCUT2D eigenvalue weighted by Crippen LogP contribution is 2.22. The third-order valence-corrected chi connectivity index (χ3v) is 2.80. The van der Waals surface area contributed by atoms with Gasteiger partial charge in [-0.25, -0.2) is 0 Å². The second kappa shape index (κ2) is 5.98. The van der Waals surface area contributed by atoms with Crippen LogP contribution in [0.15, 0.2) is 24.3 Å². The fourth-order valence-corrected chi connectivity index (χ4v) is 1.95. The predicted molar refractivity (Wildman–Crippen MR) is 66.8 cm³/mol. The number of nitrogens with one attached hydrogen (secondary N) is 1. The number of alkyl halides is 1. The molecule has 0 radical (unpaired) electrons. The van der Waals surface area contributed by atoms with Crippen molar-refractivity contribution in [2.75, 3.05) is 5.33 Å². The lowest BCUT2D eigenvalue weighted by Gasteiger charge is -2.19. The Morgan fingerprint density at radius 1 is 1.38 bits per heavy atom. The first-order valence-electron chi connectivity index (χ1n) is 4.93. The van der Waals surface area contributed by atoms with E-state index in [-0.39, 0.29) is 5.84 Å². The van der Waals surface area contributed by atoms with Crippen molar-refractivity contribution >= 4 is 21.8 Å². The van der Waals surface area contributed by atoms with Gasteiger partial charge in [0.25, 0.3) is 0 Å². The lowest BCUT2D eigenvalue weighted by molar-refractivity contribution is 0.0172. The molecule has 5 heteroatoms. The van der Waals surface area contributed by atoms with E-state index in [0.29, 0.717) is 22.9 Å². The van der Waals surface area contributed by atoms with E-state index in [9.17, 15) is 10.2 Å². The van der Waals surface area contributed by atoms with Gasteiger partial charge in [0.2, 0.25) is 0 Å². The monoisotopic (exact) mass is 286 g/mol. The second-order valence-electron chi connectivity index (χ2n) is 3.49. The zero-order chi connectivity index (χ0) is 12.1. The van der Waals surface area contributed by atoms with Crippen molar-refractivity contribution < 1.29 is 10.2 Å². The van der Waals surface area contributed by atoms with E-state index in [0.717, 1.165) is 0 Å². The van der Waals surface area contributed by atoms with Crippen LogP contribution in [0.3, 0.4) is 0 Å². The number of nitrogen functional groups attached to an aromatic ring is 1. The summed E-state index contributed by atoms with van der Waals surface area (Å²) < 4.78 is 0. The van der Waals surface area contributed by atoms with Crippen molar-refractivity contribution in [3.05, 3.63) is 35.4 Å². The van der Waals surface area contributed by atoms with Gasteiger partial charge in [-0.05, 0) is 12.0 Å². The molecule has 88 valence electrons. The van der Waals surface area contributed by atoms with Crippen LogP contribution < -0.4 is 5.73 Å². The Balaban J connectivity index is 2.98. The normalized spacial score (nSPS) is 14.4. The Morgan fingerprint density at radius 2 is 2.00 bits per heavy atom. The lowest BCUT2D eigenvalue weighted by atomic mass is 9.97. The predicted octanol–water partition coefficient (Wildman–Crippen LogP) is 1.15. The summed E-state index contributed by atoms with van der Waals surface area (Å²) in [4.78, 5) is 0. The average molecular weight is 287 g/mol. The molecule has 0 bridgehead atoms. The molecule has 1 aromatic rings. The third-order valence-electron chi connectivity index (χ3n) is 2.34. The van der Waals surface area contributed by atoms with Crippen LogP contribution in [-0.2, 0) is 0 Å². The van der Waals surface area contributed by atoms with E-state index in [1.165, 1.54) is 0 Å². The maximum Gasteiger partial charge on any atom is 0.123 e. The molecule has 0 amide bonds. The zero-order valence-corrected chi connectivity index (χ0v) is 10.3. The van der Waals surface area contributed by atoms with Crippen molar-refractivity contribution in [3.63, 3.8) is 0 Å². The molecule has 0 aromatic heterocycles. The molecule has 0 fully saturated rings. The molecular weight excluding hydrogens is 272 g/mol. The van der Waals surface area contributed by atoms with Gasteiger partial charge in [0.1, 0.15) is 11.9 Å². The second-order valence-corrected chi connectivity index (χ2v) is 4.28. The molecule has 0 saturated heterocycles. The number of amidine groups is 1. The Kier molecular flexibility index (Phi) is 4.92. The fraction of sp³-hybridized carbons (Fsp3) is 0.364. The van der Waals surface area contributed by atoms with Gasteiger partial charge in [-0.15, -0.1) is 0 Å². The van der Waals surface area contributed by atoms with Gasteiger partial charge >= 0.3 is 0 Å². The number of aliphatic hydroxyl groups excluding tert-OH is 2. The van der Waals surface area contributed by atoms with Crippen molar-refractivity contribution in [3.8, 4) is 0 Å². The first kappa shape index (κ1) is 13.2. The van der Waals surface area contributed by atoms with E-state index < -0.39 is 12.2 Å². The highest BCUT2D eigenvalue weighted by atomic mass is 79.9. The molecule has 0 heterocycles. The topological polar surface area (TPSA) is 90.3 Å². The van der Waals surface area contributed by atoms with Gasteiger partial charge in [-0.1, -0.05) is 40.2 Å². The third kappa shape index (κ3) is 3.04. The first-order valence-corrected chi connectivity index (χ1v) is 6.05. The number of hydrogen-bond donors (Lipinski definition) is 4. The Morgan fingerprint density at radius 3 is 2.56 bits per heavy atom. The zero-order valence-electron chi connectivity index (χ0n) is 8.73. The summed E-state index contributed by atoms with van der Waals surface area (Å²) in [5.74, 6) is -0.110. The maximum atomic E-state index is 9.93. The highest BCUT2D eigenvalue weighted by Gasteiger charge is 2.20. The van der Waals surface area contributed by atoms with Gasteiger partial charge in [0.15, 0.2) is 0 Å². The van der Waals surface area contributed by atoms with E-state index in [1.54, 1.807) is 24.3 Å². The summed E-state index contributed by atoms with van der Waals surface area (Å²) in [6.45, 7) is 0. The summed E-state index contributed by atoms with van der Waals surface area (Å²) in [6, 6.07) is 6.80. The van der Waals surface area contributed by atoms with Crippen LogP contribution in [0.5, 0.6) is 0 Å². The summed E-state index contributed by atoms with van der Waals surface area (Å²) in [6.07, 6.45) is -1.44. The minimum atomic E-state index is -1.02. The van der Waals surface area contributed by atoms with Crippen LogP contribution in [0.4, 0.5) is 0 Å². The molecule has 1 rings (SSSR count). The number of benzene rings is 1. The lowest BCUT2D eigenvalue weighted by Crippen LogP contribution is -2.23. The quantitative estimate of drug-likeness (QED) is 0.372. The number of hydrogen-bond acceptors (Lipinski definition) is 3.